The third-order valence-electron chi connectivity index (χ3n) is 8.84. The second kappa shape index (κ2) is 10.6. The van der Waals surface area contributed by atoms with Crippen LogP contribution in [0.25, 0.3) is 0 Å². The number of halogens is 3. The van der Waals surface area contributed by atoms with Gasteiger partial charge in [0.15, 0.2) is 0 Å². The van der Waals surface area contributed by atoms with Crippen molar-refractivity contribution >= 4 is 34.7 Å². The average Bonchev–Trinajstić information content (AvgIpc) is 3.63. The fourth-order valence-corrected chi connectivity index (χ4v) is 6.67. The molecule has 12 heteroatoms. The molecule has 2 fully saturated rings. The zero-order valence-corrected chi connectivity index (χ0v) is 24.8. The van der Waals surface area contributed by atoms with Crippen molar-refractivity contribution in [2.45, 2.75) is 70.4 Å². The highest BCUT2D eigenvalue weighted by molar-refractivity contribution is 6.06. The smallest absolute Gasteiger partial charge is 0.421 e. The van der Waals surface area contributed by atoms with Crippen LogP contribution < -0.4 is 25.6 Å². The van der Waals surface area contributed by atoms with Gasteiger partial charge in [-0.3, -0.25) is 9.69 Å². The molecule has 0 radical (unpaired) electrons. The van der Waals surface area contributed by atoms with Crippen LogP contribution >= 0.6 is 0 Å². The molecular weight excluding hydrogens is 559 g/mol. The van der Waals surface area contributed by atoms with E-state index in [9.17, 15) is 18.0 Å². The molecule has 2 unspecified atom stereocenters. The molecular formula is C31H36F3N7O2. The Morgan fingerprint density at radius 3 is 2.63 bits per heavy atom. The molecule has 3 aliphatic rings. The van der Waals surface area contributed by atoms with E-state index in [1.54, 1.807) is 39.2 Å². The van der Waals surface area contributed by atoms with Gasteiger partial charge in [0.2, 0.25) is 11.9 Å². The van der Waals surface area contributed by atoms with Crippen LogP contribution in [0.5, 0.6) is 5.75 Å². The van der Waals surface area contributed by atoms with Crippen molar-refractivity contribution in [2.24, 2.45) is 0 Å². The standard InChI is InChI=1S/C31H36F3N7O2/c1-17(2)40-15-21-11-20(40)16-41(21)19-9-10-23(25(12-19)43-5)38-29-36-14-22(31(32,33)34)27(39-29)35-13-18-7-6-8-24-26(18)30(3,4)28(42)37-24/h6-10,12,14,17,20-21H,11,13,15-16H2,1-5H3,(H,37,42)(H2,35,36,38,39). The van der Waals surface area contributed by atoms with E-state index < -0.39 is 17.2 Å². The van der Waals surface area contributed by atoms with Crippen LogP contribution in [0.1, 0.15) is 50.8 Å². The summed E-state index contributed by atoms with van der Waals surface area (Å²) >= 11 is 0. The lowest BCUT2D eigenvalue weighted by atomic mass is 9.83. The molecule has 9 nitrogen and oxygen atoms in total. The summed E-state index contributed by atoms with van der Waals surface area (Å²) in [6, 6.07) is 12.6. The van der Waals surface area contributed by atoms with Gasteiger partial charge in [0.1, 0.15) is 17.1 Å². The van der Waals surface area contributed by atoms with Crippen molar-refractivity contribution in [3.05, 3.63) is 59.3 Å². The third-order valence-corrected chi connectivity index (χ3v) is 8.84. The molecule has 3 aromatic rings. The molecule has 3 aliphatic heterocycles. The Kier molecular flexibility index (Phi) is 7.15. The van der Waals surface area contributed by atoms with E-state index >= 15 is 0 Å². The SMILES string of the molecule is COc1cc(N2CC3CC2CN3C(C)C)ccc1Nc1ncc(C(F)(F)F)c(NCc2cccc3c2C(C)(C)C(=O)N3)n1. The minimum atomic E-state index is -4.67. The van der Waals surface area contributed by atoms with Crippen LogP contribution in [-0.2, 0) is 22.9 Å². The number of hydrogen-bond donors (Lipinski definition) is 3. The first-order valence-corrected chi connectivity index (χ1v) is 14.5. The van der Waals surface area contributed by atoms with Gasteiger partial charge in [0.25, 0.3) is 0 Å². The van der Waals surface area contributed by atoms with Crippen LogP contribution in [0.3, 0.4) is 0 Å². The highest BCUT2D eigenvalue weighted by Gasteiger charge is 2.44. The Balaban J connectivity index is 1.23. The predicted octanol–water partition coefficient (Wildman–Crippen LogP) is 5.76. The molecule has 0 aliphatic carbocycles. The summed E-state index contributed by atoms with van der Waals surface area (Å²) in [7, 11) is 1.56. The maximum atomic E-state index is 13.9. The summed E-state index contributed by atoms with van der Waals surface area (Å²) in [4.78, 5) is 25.6. The van der Waals surface area contributed by atoms with Gasteiger partial charge in [0.05, 0.1) is 18.2 Å². The summed E-state index contributed by atoms with van der Waals surface area (Å²) in [5.41, 5.74) is 1.89. The molecule has 228 valence electrons. The topological polar surface area (TPSA) is 94.7 Å². The molecule has 2 atom stereocenters. The zero-order valence-electron chi connectivity index (χ0n) is 24.8. The predicted molar refractivity (Wildman–Crippen MR) is 160 cm³/mol. The summed E-state index contributed by atoms with van der Waals surface area (Å²) in [6.45, 7) is 10.0. The molecule has 1 aromatic heterocycles. The fraction of sp³-hybridized carbons (Fsp3) is 0.452. The van der Waals surface area contributed by atoms with Gasteiger partial charge in [-0.2, -0.15) is 18.2 Å². The molecule has 6 rings (SSSR count). The van der Waals surface area contributed by atoms with E-state index in [0.29, 0.717) is 40.8 Å². The van der Waals surface area contributed by atoms with Gasteiger partial charge >= 0.3 is 6.18 Å². The Labute approximate surface area is 248 Å². The second-order valence-electron chi connectivity index (χ2n) is 12.2. The van der Waals surface area contributed by atoms with Gasteiger partial charge in [-0.1, -0.05) is 12.1 Å². The number of hydrogen-bond acceptors (Lipinski definition) is 8. The monoisotopic (exact) mass is 595 g/mol. The Morgan fingerprint density at radius 2 is 1.95 bits per heavy atom. The summed E-state index contributed by atoms with van der Waals surface area (Å²) in [5, 5.41) is 8.74. The van der Waals surface area contributed by atoms with Crippen molar-refractivity contribution in [2.75, 3.05) is 41.0 Å². The molecule has 43 heavy (non-hydrogen) atoms. The fourth-order valence-electron chi connectivity index (χ4n) is 6.67. The minimum Gasteiger partial charge on any atom is -0.494 e. The Bertz CT molecular complexity index is 1560. The maximum Gasteiger partial charge on any atom is 0.421 e. The molecule has 2 saturated heterocycles. The highest BCUT2D eigenvalue weighted by atomic mass is 19.4. The van der Waals surface area contributed by atoms with Crippen molar-refractivity contribution in [3.8, 4) is 5.75 Å². The Hall–Kier alpha value is -4.06. The number of benzene rings is 2. The molecule has 1 amide bonds. The maximum absolute atomic E-state index is 13.9. The van der Waals surface area contributed by atoms with Crippen LogP contribution in [0, 0.1) is 0 Å². The number of alkyl halides is 3. The van der Waals surface area contributed by atoms with Crippen LogP contribution in [0.15, 0.2) is 42.6 Å². The number of nitrogens with zero attached hydrogens (tertiary/aromatic N) is 4. The van der Waals surface area contributed by atoms with E-state index in [0.717, 1.165) is 37.0 Å². The number of carbonyl (C=O) groups is 1. The number of ether oxygens (including phenoxy) is 1. The number of aromatic nitrogens is 2. The largest absolute Gasteiger partial charge is 0.494 e. The number of piperazine rings is 1. The lowest BCUT2D eigenvalue weighted by Crippen LogP contribution is -2.48. The van der Waals surface area contributed by atoms with Gasteiger partial charge in [0, 0.05) is 61.4 Å². The van der Waals surface area contributed by atoms with Crippen molar-refractivity contribution in [1.29, 1.82) is 0 Å². The van der Waals surface area contributed by atoms with Crippen LogP contribution in [0.4, 0.5) is 42.0 Å². The highest BCUT2D eigenvalue weighted by Crippen LogP contribution is 2.42. The number of rotatable bonds is 8. The van der Waals surface area contributed by atoms with E-state index in [4.69, 9.17) is 4.74 Å². The molecule has 3 N–H and O–H groups in total. The van der Waals surface area contributed by atoms with Crippen molar-refractivity contribution < 1.29 is 22.7 Å². The summed E-state index contributed by atoms with van der Waals surface area (Å²) in [5.74, 6) is 0.00771. The van der Waals surface area contributed by atoms with E-state index in [1.807, 2.05) is 18.2 Å². The van der Waals surface area contributed by atoms with E-state index in [1.165, 1.54) is 0 Å². The number of anilines is 5. The molecule has 2 bridgehead atoms. The Morgan fingerprint density at radius 1 is 1.16 bits per heavy atom. The quantitative estimate of drug-likeness (QED) is 0.303. The zero-order chi connectivity index (χ0) is 30.7. The summed E-state index contributed by atoms with van der Waals surface area (Å²) in [6.07, 6.45) is -2.77. The lowest BCUT2D eigenvalue weighted by Gasteiger charge is -2.37. The third kappa shape index (κ3) is 5.21. The summed E-state index contributed by atoms with van der Waals surface area (Å²) < 4.78 is 47.5. The molecule has 2 aromatic carbocycles. The first-order chi connectivity index (χ1) is 20.4. The van der Waals surface area contributed by atoms with Crippen LogP contribution in [0.2, 0.25) is 0 Å². The van der Waals surface area contributed by atoms with E-state index in [2.05, 4.69) is 49.6 Å². The number of methoxy groups -OCH3 is 1. The number of amides is 1. The van der Waals surface area contributed by atoms with Crippen molar-refractivity contribution in [1.82, 2.24) is 14.9 Å². The molecule has 4 heterocycles. The second-order valence-corrected chi connectivity index (χ2v) is 12.2. The minimum absolute atomic E-state index is 0.00943. The number of carbonyl (C=O) groups excluding carboxylic acids is 1. The number of likely N-dealkylation sites (tertiary alicyclic amines) is 1. The van der Waals surface area contributed by atoms with Gasteiger partial charge in [-0.05, 0) is 63.4 Å². The van der Waals surface area contributed by atoms with E-state index in [-0.39, 0.29) is 24.2 Å². The van der Waals surface area contributed by atoms with Crippen molar-refractivity contribution in [3.63, 3.8) is 0 Å². The van der Waals surface area contributed by atoms with Gasteiger partial charge in [-0.25, -0.2) is 4.98 Å². The number of nitrogens with one attached hydrogen (secondary N) is 3. The average molecular weight is 596 g/mol. The first kappa shape index (κ1) is 29.0. The van der Waals surface area contributed by atoms with Gasteiger partial charge < -0.3 is 25.6 Å². The first-order valence-electron chi connectivity index (χ1n) is 14.5. The van der Waals surface area contributed by atoms with Crippen LogP contribution in [-0.4, -0.2) is 59.1 Å². The lowest BCUT2D eigenvalue weighted by molar-refractivity contribution is -0.137. The normalized spacial score (nSPS) is 20.9. The number of fused-ring (bicyclic) bond motifs is 3. The molecule has 0 spiro atoms. The van der Waals surface area contributed by atoms with Gasteiger partial charge in [-0.15, -0.1) is 0 Å². The molecule has 0 saturated carbocycles.